The Kier molecular flexibility index (Phi) is 0.943. The summed E-state index contributed by atoms with van der Waals surface area (Å²) in [5.74, 6) is 0.729. The molecule has 0 N–H and O–H groups in total. The van der Waals surface area contributed by atoms with E-state index in [-0.39, 0.29) is 0 Å². The van der Waals surface area contributed by atoms with Gasteiger partial charge in [-0.25, -0.2) is 4.98 Å². The molecule has 0 saturated heterocycles. The topological polar surface area (TPSA) is 43.1 Å². The second-order valence-corrected chi connectivity index (χ2v) is 1.97. The predicted octanol–water partition coefficient (Wildman–Crippen LogP) is 0.233. The molecular formula is C6H5N4. The lowest BCUT2D eigenvalue weighted by Crippen LogP contribution is -1.91. The van der Waals surface area contributed by atoms with Crippen molar-refractivity contribution in [3.63, 3.8) is 0 Å². The first-order valence-electron chi connectivity index (χ1n) is 2.93. The minimum Gasteiger partial charge on any atom is -0.210 e. The first kappa shape index (κ1) is 5.34. The van der Waals surface area contributed by atoms with E-state index >= 15 is 0 Å². The molecule has 2 heterocycles. The molecule has 10 heavy (non-hydrogen) atoms. The van der Waals surface area contributed by atoms with Crippen LogP contribution in [0.15, 0.2) is 12.1 Å². The average molecular weight is 133 g/mol. The fourth-order valence-electron chi connectivity index (χ4n) is 0.799. The SMILES string of the molecule is Cc1nc2cc[c]nn2n1. The second kappa shape index (κ2) is 1.76. The molecule has 2 aromatic rings. The van der Waals surface area contributed by atoms with Gasteiger partial charge in [0.25, 0.3) is 0 Å². The van der Waals surface area contributed by atoms with Crippen molar-refractivity contribution in [2.45, 2.75) is 6.92 Å². The summed E-state index contributed by atoms with van der Waals surface area (Å²) < 4.78 is 1.45. The van der Waals surface area contributed by atoms with Gasteiger partial charge in [-0.3, -0.25) is 0 Å². The molecule has 0 aliphatic carbocycles. The third-order valence-electron chi connectivity index (χ3n) is 1.18. The molecule has 49 valence electrons. The van der Waals surface area contributed by atoms with Crippen LogP contribution in [0.5, 0.6) is 0 Å². The number of rotatable bonds is 0. The third-order valence-corrected chi connectivity index (χ3v) is 1.18. The normalized spacial score (nSPS) is 10.5. The highest BCUT2D eigenvalue weighted by Gasteiger charge is 1.95. The number of nitrogens with zero attached hydrogens (tertiary/aromatic N) is 4. The third kappa shape index (κ3) is 0.655. The summed E-state index contributed by atoms with van der Waals surface area (Å²) in [6.45, 7) is 1.83. The Balaban J connectivity index is 2.88. The van der Waals surface area contributed by atoms with Crippen LogP contribution in [-0.4, -0.2) is 19.8 Å². The number of fused-ring (bicyclic) bond motifs is 1. The number of aromatic nitrogens is 4. The number of hydrogen-bond acceptors (Lipinski definition) is 3. The van der Waals surface area contributed by atoms with Crippen LogP contribution in [0, 0.1) is 13.1 Å². The Morgan fingerprint density at radius 1 is 1.60 bits per heavy atom. The zero-order valence-corrected chi connectivity index (χ0v) is 5.44. The summed E-state index contributed by atoms with van der Waals surface area (Å²) in [7, 11) is 0. The lowest BCUT2D eigenvalue weighted by atomic mass is 10.6. The van der Waals surface area contributed by atoms with Crippen molar-refractivity contribution < 1.29 is 0 Å². The van der Waals surface area contributed by atoms with E-state index in [1.54, 1.807) is 6.07 Å². The first-order valence-corrected chi connectivity index (χ1v) is 2.93. The van der Waals surface area contributed by atoms with Gasteiger partial charge in [0, 0.05) is 0 Å². The van der Waals surface area contributed by atoms with Crippen molar-refractivity contribution >= 4 is 5.65 Å². The monoisotopic (exact) mass is 133 g/mol. The molecule has 0 amide bonds. The average Bonchev–Trinajstić information content (AvgIpc) is 2.27. The van der Waals surface area contributed by atoms with Crippen LogP contribution in [-0.2, 0) is 0 Å². The highest BCUT2D eigenvalue weighted by atomic mass is 15.4. The molecule has 2 aromatic heterocycles. The zero-order chi connectivity index (χ0) is 6.97. The van der Waals surface area contributed by atoms with Crippen molar-refractivity contribution in [3.05, 3.63) is 24.2 Å². The molecule has 2 rings (SSSR count). The summed E-state index contributed by atoms with van der Waals surface area (Å²) in [6.07, 6.45) is 2.66. The van der Waals surface area contributed by atoms with Crippen LogP contribution in [0.4, 0.5) is 0 Å². The molecule has 0 atom stereocenters. The Labute approximate surface area is 57.5 Å². The molecule has 0 aliphatic rings. The Morgan fingerprint density at radius 2 is 2.50 bits per heavy atom. The van der Waals surface area contributed by atoms with E-state index in [1.165, 1.54) is 4.63 Å². The van der Waals surface area contributed by atoms with Crippen molar-refractivity contribution in [2.24, 2.45) is 0 Å². The van der Waals surface area contributed by atoms with Gasteiger partial charge in [-0.05, 0) is 19.1 Å². The molecular weight excluding hydrogens is 128 g/mol. The van der Waals surface area contributed by atoms with Gasteiger partial charge >= 0.3 is 0 Å². The molecule has 1 radical (unpaired) electrons. The van der Waals surface area contributed by atoms with Crippen molar-refractivity contribution in [1.82, 2.24) is 19.8 Å². The molecule has 0 spiro atoms. The van der Waals surface area contributed by atoms with Gasteiger partial charge in [0.15, 0.2) is 5.65 Å². The Hall–Kier alpha value is -1.45. The molecule has 4 heteroatoms. The minimum atomic E-state index is 0.729. The van der Waals surface area contributed by atoms with Crippen molar-refractivity contribution in [2.75, 3.05) is 0 Å². The molecule has 4 nitrogen and oxygen atoms in total. The van der Waals surface area contributed by atoms with Crippen LogP contribution in [0.2, 0.25) is 0 Å². The van der Waals surface area contributed by atoms with E-state index in [0.29, 0.717) is 0 Å². The van der Waals surface area contributed by atoms with E-state index in [1.807, 2.05) is 13.0 Å². The first-order chi connectivity index (χ1) is 4.86. The summed E-state index contributed by atoms with van der Waals surface area (Å²) in [5, 5.41) is 7.80. The summed E-state index contributed by atoms with van der Waals surface area (Å²) >= 11 is 0. The van der Waals surface area contributed by atoms with Gasteiger partial charge in [0.05, 0.1) is 0 Å². The largest absolute Gasteiger partial charge is 0.210 e. The van der Waals surface area contributed by atoms with E-state index < -0.39 is 0 Å². The van der Waals surface area contributed by atoms with Crippen LogP contribution in [0.3, 0.4) is 0 Å². The molecule has 0 saturated carbocycles. The summed E-state index contributed by atoms with van der Waals surface area (Å²) in [4.78, 5) is 4.08. The maximum atomic E-state index is 4.08. The minimum absolute atomic E-state index is 0.729. The van der Waals surface area contributed by atoms with E-state index in [9.17, 15) is 0 Å². The van der Waals surface area contributed by atoms with E-state index in [2.05, 4.69) is 21.4 Å². The van der Waals surface area contributed by atoms with Gasteiger partial charge in [0.1, 0.15) is 12.0 Å². The predicted molar refractivity (Wildman–Crippen MR) is 34.4 cm³/mol. The van der Waals surface area contributed by atoms with Gasteiger partial charge in [-0.1, -0.05) is 0 Å². The van der Waals surface area contributed by atoms with E-state index in [0.717, 1.165) is 11.5 Å². The lowest BCUT2D eigenvalue weighted by molar-refractivity contribution is 0.784. The van der Waals surface area contributed by atoms with Crippen molar-refractivity contribution in [3.8, 4) is 0 Å². The number of aryl methyl sites for hydroxylation is 1. The second-order valence-electron chi connectivity index (χ2n) is 1.97. The van der Waals surface area contributed by atoms with Gasteiger partial charge in [-0.15, -0.1) is 14.8 Å². The highest BCUT2D eigenvalue weighted by Crippen LogP contribution is 1.94. The molecule has 0 unspecified atom stereocenters. The van der Waals surface area contributed by atoms with Crippen LogP contribution < -0.4 is 0 Å². The highest BCUT2D eigenvalue weighted by molar-refractivity contribution is 5.33. The zero-order valence-electron chi connectivity index (χ0n) is 5.44. The fourth-order valence-corrected chi connectivity index (χ4v) is 0.799. The van der Waals surface area contributed by atoms with Crippen LogP contribution >= 0.6 is 0 Å². The summed E-state index contributed by atoms with van der Waals surface area (Å²) in [6, 6.07) is 3.52. The lowest BCUT2D eigenvalue weighted by Gasteiger charge is -1.82. The maximum Gasteiger partial charge on any atom is 0.176 e. The quantitative estimate of drug-likeness (QED) is 0.516. The summed E-state index contributed by atoms with van der Waals surface area (Å²) in [5.41, 5.74) is 0.760. The van der Waals surface area contributed by atoms with Crippen LogP contribution in [0.25, 0.3) is 5.65 Å². The fraction of sp³-hybridized carbons (Fsp3) is 0.167. The standard InChI is InChI=1S/C6H5N4/c1-5-8-6-3-2-4-7-10(6)9-5/h2-3H,1H3. The Morgan fingerprint density at radius 3 is 3.30 bits per heavy atom. The Bertz CT molecular complexity index is 318. The molecule has 0 aliphatic heterocycles. The molecule has 0 bridgehead atoms. The molecule has 0 fully saturated rings. The number of hydrogen-bond donors (Lipinski definition) is 0. The molecule has 0 aromatic carbocycles. The smallest absolute Gasteiger partial charge is 0.176 e. The van der Waals surface area contributed by atoms with Gasteiger partial charge in [0.2, 0.25) is 0 Å². The van der Waals surface area contributed by atoms with Gasteiger partial charge in [-0.2, -0.15) is 0 Å². The van der Waals surface area contributed by atoms with E-state index in [4.69, 9.17) is 0 Å². The van der Waals surface area contributed by atoms with Crippen LogP contribution in [0.1, 0.15) is 5.82 Å². The maximum absolute atomic E-state index is 4.08. The van der Waals surface area contributed by atoms with Crippen molar-refractivity contribution in [1.29, 1.82) is 0 Å². The van der Waals surface area contributed by atoms with Gasteiger partial charge < -0.3 is 0 Å².